The summed E-state index contributed by atoms with van der Waals surface area (Å²) in [5.74, 6) is 0.0375. The van der Waals surface area contributed by atoms with Gasteiger partial charge in [0.25, 0.3) is 5.91 Å². The van der Waals surface area contributed by atoms with Gasteiger partial charge < -0.3 is 10.4 Å². The first-order valence-corrected chi connectivity index (χ1v) is 10.3. The SMILES string of the molecule is O=C(NC1[C@@H]2CC[C@H]1CN(CC=Cc1ccccc1)C2)C(O)c1ccc(F)cc1. The number of aliphatic hydroxyl groups is 1. The molecule has 2 aromatic carbocycles. The van der Waals surface area contributed by atoms with Gasteiger partial charge in [-0.25, -0.2) is 4.39 Å². The lowest BCUT2D eigenvalue weighted by Gasteiger charge is -2.38. The molecule has 1 aliphatic carbocycles. The Hall–Kier alpha value is -2.50. The molecule has 1 amide bonds. The van der Waals surface area contributed by atoms with Gasteiger partial charge in [-0.1, -0.05) is 54.6 Å². The van der Waals surface area contributed by atoms with Crippen LogP contribution in [0.4, 0.5) is 4.39 Å². The molecule has 0 radical (unpaired) electrons. The quantitative estimate of drug-likeness (QED) is 0.790. The average Bonchev–Trinajstić information content (AvgIpc) is 2.96. The number of carbonyl (C=O) groups excluding carboxylic acids is 1. The number of piperidine rings is 1. The molecule has 1 heterocycles. The number of hydrogen-bond acceptors (Lipinski definition) is 3. The lowest BCUT2D eigenvalue weighted by Crippen LogP contribution is -2.53. The Kier molecular flexibility index (Phi) is 6.07. The van der Waals surface area contributed by atoms with E-state index in [1.165, 1.54) is 29.8 Å². The summed E-state index contributed by atoms with van der Waals surface area (Å²) in [6.07, 6.45) is 5.28. The Morgan fingerprint density at radius 2 is 1.76 bits per heavy atom. The van der Waals surface area contributed by atoms with Crippen molar-refractivity contribution in [3.63, 3.8) is 0 Å². The largest absolute Gasteiger partial charge is 0.378 e. The first-order chi connectivity index (χ1) is 14.1. The van der Waals surface area contributed by atoms with E-state index in [0.29, 0.717) is 17.4 Å². The normalized spacial score (nSPS) is 25.2. The molecule has 0 spiro atoms. The summed E-state index contributed by atoms with van der Waals surface area (Å²) >= 11 is 0. The number of aliphatic hydroxyl groups excluding tert-OH is 1. The molecule has 29 heavy (non-hydrogen) atoms. The van der Waals surface area contributed by atoms with E-state index in [1.54, 1.807) is 0 Å². The average molecular weight is 394 g/mol. The summed E-state index contributed by atoms with van der Waals surface area (Å²) < 4.78 is 13.1. The van der Waals surface area contributed by atoms with Crippen molar-refractivity contribution in [2.24, 2.45) is 11.8 Å². The highest BCUT2D eigenvalue weighted by molar-refractivity contribution is 5.82. The van der Waals surface area contributed by atoms with Crippen LogP contribution in [0.5, 0.6) is 0 Å². The number of rotatable bonds is 6. The lowest BCUT2D eigenvalue weighted by molar-refractivity contribution is -0.131. The van der Waals surface area contributed by atoms with Crippen LogP contribution < -0.4 is 5.32 Å². The standard InChI is InChI=1S/C24H27FN2O2/c25-21-12-10-18(11-13-21)23(28)24(29)26-22-19-8-9-20(22)16-27(15-19)14-4-7-17-5-2-1-3-6-17/h1-7,10-13,19-20,22-23,28H,8-9,14-16H2,(H,26,29)/t19-,20+,22?,23?. The number of benzene rings is 2. The third kappa shape index (κ3) is 4.74. The third-order valence-corrected chi connectivity index (χ3v) is 6.13. The van der Waals surface area contributed by atoms with Crippen molar-refractivity contribution in [2.75, 3.05) is 19.6 Å². The Balaban J connectivity index is 1.31. The lowest BCUT2D eigenvalue weighted by atomic mass is 9.91. The van der Waals surface area contributed by atoms with Crippen molar-refractivity contribution in [3.8, 4) is 0 Å². The smallest absolute Gasteiger partial charge is 0.253 e. The van der Waals surface area contributed by atoms with Crippen molar-refractivity contribution < 1.29 is 14.3 Å². The minimum Gasteiger partial charge on any atom is -0.378 e. The van der Waals surface area contributed by atoms with Crippen molar-refractivity contribution in [1.29, 1.82) is 0 Å². The van der Waals surface area contributed by atoms with Crippen LogP contribution in [0.25, 0.3) is 6.08 Å². The fourth-order valence-electron chi connectivity index (χ4n) is 4.65. The molecule has 1 saturated carbocycles. The number of halogens is 1. The summed E-state index contributed by atoms with van der Waals surface area (Å²) in [4.78, 5) is 15.0. The molecule has 152 valence electrons. The number of carbonyl (C=O) groups is 1. The van der Waals surface area contributed by atoms with Gasteiger partial charge in [-0.15, -0.1) is 0 Å². The zero-order valence-electron chi connectivity index (χ0n) is 16.4. The summed E-state index contributed by atoms with van der Waals surface area (Å²) in [7, 11) is 0. The van der Waals surface area contributed by atoms with Crippen LogP contribution in [-0.4, -0.2) is 41.6 Å². The van der Waals surface area contributed by atoms with Crippen LogP contribution in [0.3, 0.4) is 0 Å². The molecule has 2 aromatic rings. The summed E-state index contributed by atoms with van der Waals surface area (Å²) in [5, 5.41) is 13.4. The number of nitrogens with one attached hydrogen (secondary N) is 1. The Labute approximate surface area is 171 Å². The first kappa shape index (κ1) is 19.8. The second kappa shape index (κ2) is 8.89. The van der Waals surface area contributed by atoms with Crippen molar-refractivity contribution in [1.82, 2.24) is 10.2 Å². The monoisotopic (exact) mass is 394 g/mol. The molecule has 2 aliphatic rings. The molecule has 5 heteroatoms. The van der Waals surface area contributed by atoms with E-state index >= 15 is 0 Å². The zero-order valence-corrected chi connectivity index (χ0v) is 16.4. The van der Waals surface area contributed by atoms with Gasteiger partial charge in [-0.3, -0.25) is 9.69 Å². The van der Waals surface area contributed by atoms with Gasteiger partial charge in [0.1, 0.15) is 5.82 Å². The van der Waals surface area contributed by atoms with Crippen molar-refractivity contribution in [3.05, 3.63) is 77.6 Å². The summed E-state index contributed by atoms with van der Waals surface area (Å²) in [5.41, 5.74) is 1.62. The molecule has 2 N–H and O–H groups in total. The van der Waals surface area contributed by atoms with Gasteiger partial charge in [0.15, 0.2) is 6.10 Å². The molecular weight excluding hydrogens is 367 g/mol. The van der Waals surface area contributed by atoms with Crippen molar-refractivity contribution in [2.45, 2.75) is 25.0 Å². The molecule has 1 saturated heterocycles. The van der Waals surface area contributed by atoms with Crippen LogP contribution in [0.15, 0.2) is 60.7 Å². The summed E-state index contributed by atoms with van der Waals surface area (Å²) in [6, 6.07) is 15.8. The first-order valence-electron chi connectivity index (χ1n) is 10.3. The maximum atomic E-state index is 13.1. The maximum Gasteiger partial charge on any atom is 0.253 e. The van der Waals surface area contributed by atoms with Crippen LogP contribution >= 0.6 is 0 Å². The van der Waals surface area contributed by atoms with E-state index in [0.717, 1.165) is 32.5 Å². The highest BCUT2D eigenvalue weighted by atomic mass is 19.1. The van der Waals surface area contributed by atoms with Crippen molar-refractivity contribution >= 4 is 12.0 Å². The van der Waals surface area contributed by atoms with E-state index in [2.05, 4.69) is 34.5 Å². The molecule has 4 rings (SSSR count). The maximum absolute atomic E-state index is 13.1. The van der Waals surface area contributed by atoms with E-state index in [9.17, 15) is 14.3 Å². The van der Waals surface area contributed by atoms with Crippen LogP contribution in [0, 0.1) is 17.7 Å². The predicted molar refractivity (Wildman–Crippen MR) is 111 cm³/mol. The van der Waals surface area contributed by atoms with Gasteiger partial charge >= 0.3 is 0 Å². The summed E-state index contributed by atoms with van der Waals surface area (Å²) in [6.45, 7) is 2.81. The Bertz CT molecular complexity index is 839. The second-order valence-corrected chi connectivity index (χ2v) is 8.12. The highest BCUT2D eigenvalue weighted by Gasteiger charge is 2.42. The number of fused-ring (bicyclic) bond motifs is 2. The molecule has 1 aliphatic heterocycles. The molecule has 0 aromatic heterocycles. The van der Waals surface area contributed by atoms with Gasteiger partial charge in [-0.2, -0.15) is 0 Å². The van der Waals surface area contributed by atoms with E-state index < -0.39 is 12.0 Å². The molecular formula is C24H27FN2O2. The number of likely N-dealkylation sites (tertiary alicyclic amines) is 1. The Morgan fingerprint density at radius 1 is 1.10 bits per heavy atom. The van der Waals surface area contributed by atoms with E-state index in [-0.39, 0.29) is 11.9 Å². The number of nitrogens with zero attached hydrogens (tertiary/aromatic N) is 1. The fourth-order valence-corrected chi connectivity index (χ4v) is 4.65. The highest BCUT2D eigenvalue weighted by Crippen LogP contribution is 2.37. The number of amides is 1. The molecule has 4 nitrogen and oxygen atoms in total. The Morgan fingerprint density at radius 3 is 2.41 bits per heavy atom. The second-order valence-electron chi connectivity index (χ2n) is 8.12. The predicted octanol–water partition coefficient (Wildman–Crippen LogP) is 3.40. The van der Waals surface area contributed by atoms with E-state index in [4.69, 9.17) is 0 Å². The van der Waals surface area contributed by atoms with Gasteiger partial charge in [0, 0.05) is 25.7 Å². The minimum atomic E-state index is -1.26. The van der Waals surface area contributed by atoms with Crippen LogP contribution in [-0.2, 0) is 4.79 Å². The molecule has 2 unspecified atom stereocenters. The topological polar surface area (TPSA) is 52.6 Å². The minimum absolute atomic E-state index is 0.104. The zero-order chi connectivity index (χ0) is 20.2. The van der Waals surface area contributed by atoms with Gasteiger partial charge in [-0.05, 0) is 47.9 Å². The molecule has 2 bridgehead atoms. The number of hydrogen-bond donors (Lipinski definition) is 2. The van der Waals surface area contributed by atoms with Crippen LogP contribution in [0.2, 0.25) is 0 Å². The third-order valence-electron chi connectivity index (χ3n) is 6.13. The van der Waals surface area contributed by atoms with Gasteiger partial charge in [0.2, 0.25) is 0 Å². The molecule has 4 atom stereocenters. The van der Waals surface area contributed by atoms with Crippen LogP contribution in [0.1, 0.15) is 30.1 Å². The fraction of sp³-hybridized carbons (Fsp3) is 0.375. The van der Waals surface area contributed by atoms with E-state index in [1.807, 2.05) is 18.2 Å². The van der Waals surface area contributed by atoms with Gasteiger partial charge in [0.05, 0.1) is 0 Å². The molecule has 2 fully saturated rings.